The van der Waals surface area contributed by atoms with Gasteiger partial charge in [0, 0.05) is 10.2 Å². The molecule has 2 aromatic rings. The number of benzene rings is 1. The highest BCUT2D eigenvalue weighted by Crippen LogP contribution is 2.25. The van der Waals surface area contributed by atoms with Gasteiger partial charge in [0.15, 0.2) is 0 Å². The molecule has 0 radical (unpaired) electrons. The zero-order valence-corrected chi connectivity index (χ0v) is 10.5. The van der Waals surface area contributed by atoms with Gasteiger partial charge in [0.1, 0.15) is 5.82 Å². The standard InChI is InChI=1S/C12H12BrN3/c1-8-10(13)3-2-4-11(8)16-12-6-5-9(14)7-15-12/h2-7H,14H2,1H3,(H,15,16). The molecule has 0 amide bonds. The SMILES string of the molecule is Cc1c(Br)cccc1Nc1ccc(N)cn1. The maximum Gasteiger partial charge on any atom is 0.130 e. The van der Waals surface area contributed by atoms with Gasteiger partial charge in [-0.25, -0.2) is 4.98 Å². The molecule has 1 aromatic heterocycles. The second-order valence-corrected chi connectivity index (χ2v) is 4.37. The molecule has 4 heteroatoms. The fraction of sp³-hybridized carbons (Fsp3) is 0.0833. The Morgan fingerprint density at radius 2 is 2.06 bits per heavy atom. The van der Waals surface area contributed by atoms with E-state index in [1.165, 1.54) is 0 Å². The van der Waals surface area contributed by atoms with E-state index in [0.717, 1.165) is 21.5 Å². The largest absolute Gasteiger partial charge is 0.397 e. The van der Waals surface area contributed by atoms with Crippen LogP contribution in [0.3, 0.4) is 0 Å². The minimum absolute atomic E-state index is 0.663. The molecule has 0 saturated carbocycles. The Morgan fingerprint density at radius 1 is 1.25 bits per heavy atom. The Labute approximate surface area is 103 Å². The minimum atomic E-state index is 0.663. The topological polar surface area (TPSA) is 50.9 Å². The van der Waals surface area contributed by atoms with Gasteiger partial charge in [-0.2, -0.15) is 0 Å². The van der Waals surface area contributed by atoms with Crippen LogP contribution in [0.15, 0.2) is 41.0 Å². The molecule has 82 valence electrons. The number of hydrogen-bond acceptors (Lipinski definition) is 3. The lowest BCUT2D eigenvalue weighted by Gasteiger charge is -2.09. The highest BCUT2D eigenvalue weighted by molar-refractivity contribution is 9.10. The van der Waals surface area contributed by atoms with E-state index in [4.69, 9.17) is 5.73 Å². The van der Waals surface area contributed by atoms with Crippen molar-refractivity contribution < 1.29 is 0 Å². The molecular weight excluding hydrogens is 266 g/mol. The Hall–Kier alpha value is -1.55. The summed E-state index contributed by atoms with van der Waals surface area (Å²) in [6, 6.07) is 9.68. The van der Waals surface area contributed by atoms with Crippen LogP contribution in [0.2, 0.25) is 0 Å². The van der Waals surface area contributed by atoms with Gasteiger partial charge in [0.05, 0.1) is 11.9 Å². The number of hydrogen-bond donors (Lipinski definition) is 2. The van der Waals surface area contributed by atoms with Crippen molar-refractivity contribution in [3.05, 3.63) is 46.6 Å². The monoisotopic (exact) mass is 277 g/mol. The number of rotatable bonds is 2. The first-order chi connectivity index (χ1) is 7.66. The van der Waals surface area contributed by atoms with Gasteiger partial charge >= 0.3 is 0 Å². The zero-order chi connectivity index (χ0) is 11.5. The third-order valence-corrected chi connectivity index (χ3v) is 3.18. The summed E-state index contributed by atoms with van der Waals surface area (Å²) < 4.78 is 1.08. The average molecular weight is 278 g/mol. The molecule has 0 aliphatic heterocycles. The number of aromatic nitrogens is 1. The lowest BCUT2D eigenvalue weighted by Crippen LogP contribution is -1.96. The summed E-state index contributed by atoms with van der Waals surface area (Å²) in [5.41, 5.74) is 8.43. The maximum atomic E-state index is 5.58. The van der Waals surface area contributed by atoms with Crippen LogP contribution in [0.1, 0.15) is 5.56 Å². The summed E-state index contributed by atoms with van der Waals surface area (Å²) in [7, 11) is 0. The van der Waals surface area contributed by atoms with Crippen LogP contribution in [0.4, 0.5) is 17.2 Å². The molecule has 1 heterocycles. The van der Waals surface area contributed by atoms with Crippen LogP contribution in [0, 0.1) is 6.92 Å². The second-order valence-electron chi connectivity index (χ2n) is 3.51. The van der Waals surface area contributed by atoms with E-state index in [0.29, 0.717) is 5.69 Å². The molecule has 1 aromatic carbocycles. The van der Waals surface area contributed by atoms with Crippen LogP contribution < -0.4 is 11.1 Å². The number of pyridine rings is 1. The van der Waals surface area contributed by atoms with Crippen molar-refractivity contribution >= 4 is 33.1 Å². The molecule has 0 saturated heterocycles. The number of nitrogens with two attached hydrogens (primary N) is 1. The summed E-state index contributed by atoms with van der Waals surface area (Å²) in [5.74, 6) is 0.787. The van der Waals surface area contributed by atoms with Gasteiger partial charge in [-0.15, -0.1) is 0 Å². The summed E-state index contributed by atoms with van der Waals surface area (Å²) in [6.45, 7) is 2.05. The Kier molecular flexibility index (Phi) is 3.10. The first kappa shape index (κ1) is 11.0. The fourth-order valence-corrected chi connectivity index (χ4v) is 1.73. The van der Waals surface area contributed by atoms with Gasteiger partial charge < -0.3 is 11.1 Å². The molecule has 0 spiro atoms. The van der Waals surface area contributed by atoms with E-state index in [1.54, 1.807) is 6.20 Å². The third-order valence-electron chi connectivity index (χ3n) is 2.32. The van der Waals surface area contributed by atoms with E-state index in [2.05, 4.69) is 26.2 Å². The van der Waals surface area contributed by atoms with Gasteiger partial charge in [-0.3, -0.25) is 0 Å². The van der Waals surface area contributed by atoms with Crippen molar-refractivity contribution in [3.8, 4) is 0 Å². The molecular formula is C12H12BrN3. The van der Waals surface area contributed by atoms with E-state index in [-0.39, 0.29) is 0 Å². The Balaban J connectivity index is 2.27. The molecule has 0 aliphatic rings. The van der Waals surface area contributed by atoms with Crippen molar-refractivity contribution in [2.75, 3.05) is 11.1 Å². The predicted octanol–water partition coefficient (Wildman–Crippen LogP) is 3.48. The normalized spacial score (nSPS) is 10.1. The number of nitrogens with one attached hydrogen (secondary N) is 1. The first-order valence-electron chi connectivity index (χ1n) is 4.90. The van der Waals surface area contributed by atoms with Crippen LogP contribution in [-0.2, 0) is 0 Å². The highest BCUT2D eigenvalue weighted by Gasteiger charge is 2.02. The third kappa shape index (κ3) is 2.33. The molecule has 0 aliphatic carbocycles. The highest BCUT2D eigenvalue weighted by atomic mass is 79.9. The quantitative estimate of drug-likeness (QED) is 0.884. The van der Waals surface area contributed by atoms with Crippen molar-refractivity contribution in [2.45, 2.75) is 6.92 Å². The van der Waals surface area contributed by atoms with Crippen molar-refractivity contribution in [1.82, 2.24) is 4.98 Å². The minimum Gasteiger partial charge on any atom is -0.397 e. The lowest BCUT2D eigenvalue weighted by atomic mass is 10.2. The van der Waals surface area contributed by atoms with Crippen LogP contribution in [0.5, 0.6) is 0 Å². The molecule has 0 fully saturated rings. The van der Waals surface area contributed by atoms with Crippen LogP contribution in [-0.4, -0.2) is 4.98 Å². The van der Waals surface area contributed by atoms with Crippen molar-refractivity contribution in [1.29, 1.82) is 0 Å². The van der Waals surface area contributed by atoms with E-state index < -0.39 is 0 Å². The van der Waals surface area contributed by atoms with E-state index >= 15 is 0 Å². The lowest BCUT2D eigenvalue weighted by molar-refractivity contribution is 1.29. The molecule has 0 unspecified atom stereocenters. The Morgan fingerprint density at radius 3 is 2.75 bits per heavy atom. The van der Waals surface area contributed by atoms with Gasteiger partial charge in [-0.1, -0.05) is 22.0 Å². The van der Waals surface area contributed by atoms with Gasteiger partial charge in [0.25, 0.3) is 0 Å². The molecule has 3 nitrogen and oxygen atoms in total. The molecule has 0 bridgehead atoms. The molecule has 16 heavy (non-hydrogen) atoms. The molecule has 0 atom stereocenters. The maximum absolute atomic E-state index is 5.58. The van der Waals surface area contributed by atoms with Crippen molar-refractivity contribution in [3.63, 3.8) is 0 Å². The smallest absolute Gasteiger partial charge is 0.130 e. The summed E-state index contributed by atoms with van der Waals surface area (Å²) in [5, 5.41) is 3.24. The van der Waals surface area contributed by atoms with Gasteiger partial charge in [0.2, 0.25) is 0 Å². The second kappa shape index (κ2) is 4.53. The summed E-state index contributed by atoms with van der Waals surface area (Å²) in [4.78, 5) is 4.19. The number of halogens is 1. The van der Waals surface area contributed by atoms with Crippen LogP contribution in [0.25, 0.3) is 0 Å². The van der Waals surface area contributed by atoms with Crippen molar-refractivity contribution in [2.24, 2.45) is 0 Å². The van der Waals surface area contributed by atoms with E-state index in [1.807, 2.05) is 37.3 Å². The number of nitrogens with zero attached hydrogens (tertiary/aromatic N) is 1. The molecule has 3 N–H and O–H groups in total. The summed E-state index contributed by atoms with van der Waals surface area (Å²) in [6.07, 6.45) is 1.63. The van der Waals surface area contributed by atoms with Gasteiger partial charge in [-0.05, 0) is 36.8 Å². The number of nitrogen functional groups attached to an aromatic ring is 1. The van der Waals surface area contributed by atoms with Crippen LogP contribution >= 0.6 is 15.9 Å². The zero-order valence-electron chi connectivity index (χ0n) is 8.87. The predicted molar refractivity (Wildman–Crippen MR) is 70.8 cm³/mol. The number of anilines is 3. The summed E-state index contributed by atoms with van der Waals surface area (Å²) >= 11 is 3.49. The fourth-order valence-electron chi connectivity index (χ4n) is 1.36. The van der Waals surface area contributed by atoms with E-state index in [9.17, 15) is 0 Å². The average Bonchev–Trinajstić information content (AvgIpc) is 2.28. The molecule has 2 rings (SSSR count). The first-order valence-corrected chi connectivity index (χ1v) is 5.70. The Bertz CT molecular complexity index is 494.